The van der Waals surface area contributed by atoms with E-state index in [1.807, 2.05) is 30.3 Å². The predicted octanol–water partition coefficient (Wildman–Crippen LogP) is 1.58. The van der Waals surface area contributed by atoms with Gasteiger partial charge in [0.2, 0.25) is 11.8 Å². The van der Waals surface area contributed by atoms with Crippen LogP contribution in [0.4, 0.5) is 8.78 Å². The van der Waals surface area contributed by atoms with E-state index in [1.54, 1.807) is 0 Å². The molecule has 2 aliphatic heterocycles. The van der Waals surface area contributed by atoms with E-state index in [-0.39, 0.29) is 30.9 Å². The van der Waals surface area contributed by atoms with E-state index in [2.05, 4.69) is 16.0 Å². The Labute approximate surface area is 196 Å². The molecule has 0 radical (unpaired) electrons. The number of ether oxygens (including phenoxy) is 1. The van der Waals surface area contributed by atoms with Gasteiger partial charge in [-0.25, -0.2) is 8.78 Å². The summed E-state index contributed by atoms with van der Waals surface area (Å²) in [6.07, 6.45) is -0.0206. The average Bonchev–Trinajstić information content (AvgIpc) is 3.46. The Morgan fingerprint density at radius 1 is 1.15 bits per heavy atom. The summed E-state index contributed by atoms with van der Waals surface area (Å²) in [5.41, 5.74) is 1.36. The lowest BCUT2D eigenvalue weighted by Crippen LogP contribution is -2.55. The Hall–Kier alpha value is -2.88. The average molecular weight is 474 g/mol. The summed E-state index contributed by atoms with van der Waals surface area (Å²) in [7, 11) is 0. The van der Waals surface area contributed by atoms with Crippen LogP contribution in [-0.2, 0) is 27.4 Å². The molecule has 7 nitrogen and oxygen atoms in total. The zero-order valence-electron chi connectivity index (χ0n) is 18.7. The molecule has 2 aromatic rings. The monoisotopic (exact) mass is 473 g/mol. The van der Waals surface area contributed by atoms with Gasteiger partial charge in [0, 0.05) is 25.1 Å². The molecule has 2 aliphatic rings. The first-order valence-electron chi connectivity index (χ1n) is 11.5. The van der Waals surface area contributed by atoms with Crippen molar-refractivity contribution in [1.29, 1.82) is 0 Å². The maximum atomic E-state index is 13.7. The first-order valence-corrected chi connectivity index (χ1v) is 11.5. The zero-order valence-corrected chi connectivity index (χ0v) is 18.7. The Morgan fingerprint density at radius 3 is 2.56 bits per heavy atom. The minimum atomic E-state index is -1.04. The van der Waals surface area contributed by atoms with Crippen molar-refractivity contribution in [2.45, 2.75) is 62.6 Å². The zero-order chi connectivity index (χ0) is 24.1. The first-order chi connectivity index (χ1) is 16.4. The summed E-state index contributed by atoms with van der Waals surface area (Å²) < 4.78 is 33.4. The minimum Gasteiger partial charge on any atom is -0.389 e. The number of halogens is 2. The Morgan fingerprint density at radius 2 is 1.88 bits per heavy atom. The molecule has 2 fully saturated rings. The number of rotatable bonds is 9. The maximum absolute atomic E-state index is 13.7. The third-order valence-corrected chi connectivity index (χ3v) is 6.29. The number of hydrogen-bond acceptors (Lipinski definition) is 5. The molecule has 0 aromatic heterocycles. The van der Waals surface area contributed by atoms with Gasteiger partial charge in [0.05, 0.1) is 24.9 Å². The van der Waals surface area contributed by atoms with Crippen molar-refractivity contribution in [1.82, 2.24) is 16.0 Å². The maximum Gasteiger partial charge on any atom is 0.242 e. The lowest BCUT2D eigenvalue weighted by molar-refractivity contribution is -0.127. The quantitative estimate of drug-likeness (QED) is 0.443. The van der Waals surface area contributed by atoms with E-state index in [1.165, 1.54) is 12.1 Å². The summed E-state index contributed by atoms with van der Waals surface area (Å²) in [6, 6.07) is 11.0. The van der Waals surface area contributed by atoms with E-state index in [9.17, 15) is 23.5 Å². The number of carbonyl (C=O) groups excluding carboxylic acids is 2. The van der Waals surface area contributed by atoms with Crippen molar-refractivity contribution in [2.24, 2.45) is 0 Å². The fourth-order valence-electron chi connectivity index (χ4n) is 4.52. The SMILES string of the molecule is O=C1CCC(C(=O)N[C@@H](Cc2cc(F)cc(F)c2)[C@H](O)[C@H]2C[C@@H](OCc3ccccc3)CN2)N1. The number of amides is 2. The fraction of sp³-hybridized carbons (Fsp3) is 0.440. The van der Waals surface area contributed by atoms with Crippen molar-refractivity contribution in [3.05, 3.63) is 71.3 Å². The first kappa shape index (κ1) is 24.3. The van der Waals surface area contributed by atoms with E-state index in [0.717, 1.165) is 11.6 Å². The number of aliphatic hydroxyl groups is 1. The van der Waals surface area contributed by atoms with Crippen molar-refractivity contribution in [2.75, 3.05) is 6.54 Å². The standard InChI is InChI=1S/C25H29F2N3O4/c26-17-8-16(9-18(27)11-17)10-22(30-25(33)20-6-7-23(31)29-20)24(32)21-12-19(13-28-21)34-14-15-4-2-1-3-5-15/h1-5,8-9,11,19-22,24,28,32H,6-7,10,12-14H2,(H,29,31)(H,30,33)/t19-,20?,21-,22+,24-/m1/s1. The molecule has 1 unspecified atom stereocenters. The molecule has 0 aliphatic carbocycles. The van der Waals surface area contributed by atoms with Crippen LogP contribution in [0.15, 0.2) is 48.5 Å². The van der Waals surface area contributed by atoms with Crippen molar-refractivity contribution in [3.63, 3.8) is 0 Å². The highest BCUT2D eigenvalue weighted by Crippen LogP contribution is 2.20. The molecule has 182 valence electrons. The summed E-state index contributed by atoms with van der Waals surface area (Å²) in [5, 5.41) is 19.8. The third kappa shape index (κ3) is 6.37. The van der Waals surface area contributed by atoms with Gasteiger partial charge in [-0.3, -0.25) is 9.59 Å². The van der Waals surface area contributed by atoms with Gasteiger partial charge in [-0.1, -0.05) is 30.3 Å². The molecule has 0 bridgehead atoms. The van der Waals surface area contributed by atoms with E-state index in [0.29, 0.717) is 31.6 Å². The largest absolute Gasteiger partial charge is 0.389 e. The number of aliphatic hydroxyl groups excluding tert-OH is 1. The van der Waals surface area contributed by atoms with Crippen molar-refractivity contribution < 1.29 is 28.2 Å². The van der Waals surface area contributed by atoms with Gasteiger partial charge >= 0.3 is 0 Å². The molecule has 4 rings (SSSR count). The summed E-state index contributed by atoms with van der Waals surface area (Å²) >= 11 is 0. The van der Waals surface area contributed by atoms with Crippen molar-refractivity contribution >= 4 is 11.8 Å². The van der Waals surface area contributed by atoms with Gasteiger partial charge in [0.25, 0.3) is 0 Å². The number of nitrogens with one attached hydrogen (secondary N) is 3. The molecule has 0 spiro atoms. The number of carbonyl (C=O) groups is 2. The molecule has 9 heteroatoms. The van der Waals surface area contributed by atoms with Crippen LogP contribution in [0.1, 0.15) is 30.4 Å². The second kappa shape index (κ2) is 11.0. The van der Waals surface area contributed by atoms with Crippen molar-refractivity contribution in [3.8, 4) is 0 Å². The Bertz CT molecular complexity index is 987. The second-order valence-electron chi connectivity index (χ2n) is 8.92. The van der Waals surface area contributed by atoms with Crippen LogP contribution in [0.2, 0.25) is 0 Å². The molecule has 5 atom stereocenters. The fourth-order valence-corrected chi connectivity index (χ4v) is 4.52. The van der Waals surface area contributed by atoms with Gasteiger partial charge in [-0.05, 0) is 42.5 Å². The Kier molecular flexibility index (Phi) is 7.87. The van der Waals surface area contributed by atoms with Crippen LogP contribution in [0.3, 0.4) is 0 Å². The molecule has 0 saturated carbocycles. The summed E-state index contributed by atoms with van der Waals surface area (Å²) in [4.78, 5) is 24.2. The van der Waals surface area contributed by atoms with E-state index >= 15 is 0 Å². The lowest BCUT2D eigenvalue weighted by atomic mass is 9.94. The highest BCUT2D eigenvalue weighted by Gasteiger charge is 2.37. The second-order valence-corrected chi connectivity index (χ2v) is 8.92. The van der Waals surface area contributed by atoms with Crippen LogP contribution in [0.5, 0.6) is 0 Å². The van der Waals surface area contributed by atoms with Crippen LogP contribution in [0.25, 0.3) is 0 Å². The molecule has 34 heavy (non-hydrogen) atoms. The van der Waals surface area contributed by atoms with Crippen LogP contribution >= 0.6 is 0 Å². The number of hydrogen-bond donors (Lipinski definition) is 4. The van der Waals surface area contributed by atoms with Gasteiger partial charge < -0.3 is 25.8 Å². The molecule has 4 N–H and O–H groups in total. The van der Waals surface area contributed by atoms with Gasteiger partial charge in [-0.2, -0.15) is 0 Å². The number of benzene rings is 2. The molecule has 2 saturated heterocycles. The smallest absolute Gasteiger partial charge is 0.242 e. The van der Waals surface area contributed by atoms with E-state index < -0.39 is 35.7 Å². The summed E-state index contributed by atoms with van der Waals surface area (Å²) in [5.74, 6) is -2.10. The van der Waals surface area contributed by atoms with Crippen LogP contribution in [-0.4, -0.2) is 53.8 Å². The molecule has 2 amide bonds. The van der Waals surface area contributed by atoms with Gasteiger partial charge in [0.15, 0.2) is 0 Å². The van der Waals surface area contributed by atoms with Gasteiger partial charge in [-0.15, -0.1) is 0 Å². The van der Waals surface area contributed by atoms with Crippen LogP contribution in [0, 0.1) is 11.6 Å². The normalized spacial score (nSPS) is 24.0. The highest BCUT2D eigenvalue weighted by atomic mass is 19.1. The predicted molar refractivity (Wildman–Crippen MR) is 121 cm³/mol. The highest BCUT2D eigenvalue weighted by molar-refractivity contribution is 5.90. The molecule has 2 aromatic carbocycles. The molecular formula is C25H29F2N3O4. The van der Waals surface area contributed by atoms with Gasteiger partial charge in [0.1, 0.15) is 17.7 Å². The van der Waals surface area contributed by atoms with Crippen LogP contribution < -0.4 is 16.0 Å². The Balaban J connectivity index is 1.41. The molecule has 2 heterocycles. The third-order valence-electron chi connectivity index (χ3n) is 6.29. The van der Waals surface area contributed by atoms with E-state index in [4.69, 9.17) is 4.74 Å². The summed E-state index contributed by atoms with van der Waals surface area (Å²) in [6.45, 7) is 0.975. The topological polar surface area (TPSA) is 99.7 Å². The molecular weight excluding hydrogens is 444 g/mol. The minimum absolute atomic E-state index is 0.0238. The lowest BCUT2D eigenvalue weighted by Gasteiger charge is -2.29.